The zero-order valence-corrected chi connectivity index (χ0v) is 11.5. The summed E-state index contributed by atoms with van der Waals surface area (Å²) < 4.78 is 0. The molecule has 2 amide bonds. The molecule has 0 radical (unpaired) electrons. The lowest BCUT2D eigenvalue weighted by Crippen LogP contribution is -2.42. The predicted molar refractivity (Wildman–Crippen MR) is 77.0 cm³/mol. The van der Waals surface area contributed by atoms with Crippen LogP contribution in [-0.2, 0) is 11.3 Å². The average molecular weight is 290 g/mol. The van der Waals surface area contributed by atoms with Crippen LogP contribution >= 0.6 is 11.8 Å². The summed E-state index contributed by atoms with van der Waals surface area (Å²) in [7, 11) is 0. The van der Waals surface area contributed by atoms with E-state index in [1.165, 1.54) is 0 Å². The van der Waals surface area contributed by atoms with Crippen molar-refractivity contribution in [3.8, 4) is 11.8 Å². The summed E-state index contributed by atoms with van der Waals surface area (Å²) in [4.78, 5) is 22.8. The minimum absolute atomic E-state index is 0.161. The van der Waals surface area contributed by atoms with Crippen LogP contribution in [0.2, 0.25) is 0 Å². The first-order valence-electron chi connectivity index (χ1n) is 6.08. The van der Waals surface area contributed by atoms with E-state index < -0.39 is 6.04 Å². The maximum atomic E-state index is 11.8. The Morgan fingerprint density at radius 3 is 3.10 bits per heavy atom. The summed E-state index contributed by atoms with van der Waals surface area (Å²) in [5, 5.41) is 13.9. The van der Waals surface area contributed by atoms with Gasteiger partial charge in [0.15, 0.2) is 0 Å². The van der Waals surface area contributed by atoms with Crippen LogP contribution < -0.4 is 10.6 Å². The van der Waals surface area contributed by atoms with Gasteiger partial charge in [0, 0.05) is 17.9 Å². The van der Waals surface area contributed by atoms with Crippen molar-refractivity contribution in [1.29, 1.82) is 0 Å². The number of hydrogen-bond acceptors (Lipinski definition) is 4. The molecule has 1 atom stereocenters. The van der Waals surface area contributed by atoms with Gasteiger partial charge >= 0.3 is 0 Å². The van der Waals surface area contributed by atoms with Crippen LogP contribution in [0.3, 0.4) is 0 Å². The van der Waals surface area contributed by atoms with Gasteiger partial charge in [0.2, 0.25) is 5.91 Å². The molecular weight excluding hydrogens is 276 g/mol. The molecule has 0 saturated carbocycles. The molecule has 1 heterocycles. The standard InChI is InChI=1S/C14H14N2O3S/c17-6-2-5-10-3-1-4-11(7-10)8-15-13(18)12-9-20-14(19)16-12/h1,3-4,7,12,17H,6,8-9H2,(H,15,18)(H,16,19). The molecule has 1 aliphatic heterocycles. The number of aliphatic hydroxyl groups is 1. The van der Waals surface area contributed by atoms with Crippen LogP contribution in [0.15, 0.2) is 24.3 Å². The first-order chi connectivity index (χ1) is 9.69. The summed E-state index contributed by atoms with van der Waals surface area (Å²) in [6.45, 7) is 0.199. The number of carbonyl (C=O) groups excluding carboxylic acids is 2. The Balaban J connectivity index is 1.90. The second-order valence-electron chi connectivity index (χ2n) is 4.17. The minimum Gasteiger partial charge on any atom is -0.384 e. The minimum atomic E-state index is -0.454. The van der Waals surface area contributed by atoms with E-state index in [-0.39, 0.29) is 17.8 Å². The third-order valence-corrected chi connectivity index (χ3v) is 3.58. The number of benzene rings is 1. The smallest absolute Gasteiger partial charge is 0.279 e. The van der Waals surface area contributed by atoms with Crippen molar-refractivity contribution in [1.82, 2.24) is 10.6 Å². The molecule has 1 unspecified atom stereocenters. The van der Waals surface area contributed by atoms with Gasteiger partial charge in [0.05, 0.1) is 0 Å². The average Bonchev–Trinajstić information content (AvgIpc) is 2.90. The van der Waals surface area contributed by atoms with E-state index in [1.807, 2.05) is 24.3 Å². The maximum absolute atomic E-state index is 11.8. The molecule has 0 aromatic heterocycles. The van der Waals surface area contributed by atoms with E-state index in [2.05, 4.69) is 22.5 Å². The molecule has 1 saturated heterocycles. The van der Waals surface area contributed by atoms with Gasteiger partial charge in [-0.3, -0.25) is 9.59 Å². The Bertz CT molecular complexity index is 577. The third-order valence-electron chi connectivity index (χ3n) is 2.70. The summed E-state index contributed by atoms with van der Waals surface area (Å²) in [6, 6.07) is 6.96. The fourth-order valence-corrected chi connectivity index (χ4v) is 2.52. The number of carbonyl (C=O) groups is 2. The van der Waals surface area contributed by atoms with Crippen LogP contribution in [0.5, 0.6) is 0 Å². The van der Waals surface area contributed by atoms with E-state index in [9.17, 15) is 9.59 Å². The van der Waals surface area contributed by atoms with E-state index in [1.54, 1.807) is 0 Å². The van der Waals surface area contributed by atoms with Gasteiger partial charge in [0.1, 0.15) is 12.6 Å². The zero-order valence-electron chi connectivity index (χ0n) is 10.7. The molecule has 1 aliphatic rings. The molecule has 104 valence electrons. The van der Waals surface area contributed by atoms with Crippen molar-refractivity contribution in [3.63, 3.8) is 0 Å². The number of aliphatic hydroxyl groups excluding tert-OH is 1. The van der Waals surface area contributed by atoms with Crippen LogP contribution in [0, 0.1) is 11.8 Å². The topological polar surface area (TPSA) is 78.4 Å². The van der Waals surface area contributed by atoms with Gasteiger partial charge in [-0.2, -0.15) is 0 Å². The predicted octanol–water partition coefficient (Wildman–Crippen LogP) is 0.472. The quantitative estimate of drug-likeness (QED) is 0.707. The molecule has 1 aromatic rings. The van der Waals surface area contributed by atoms with Crippen LogP contribution in [0.4, 0.5) is 4.79 Å². The summed E-state index contributed by atoms with van der Waals surface area (Å²) in [5.74, 6) is 5.66. The summed E-state index contributed by atoms with van der Waals surface area (Å²) in [5.41, 5.74) is 1.70. The largest absolute Gasteiger partial charge is 0.384 e. The molecule has 1 aromatic carbocycles. The van der Waals surface area contributed by atoms with Crippen molar-refractivity contribution < 1.29 is 14.7 Å². The Labute approximate surface area is 121 Å². The van der Waals surface area contributed by atoms with E-state index in [0.717, 1.165) is 22.9 Å². The van der Waals surface area contributed by atoms with Crippen LogP contribution in [0.1, 0.15) is 11.1 Å². The molecule has 20 heavy (non-hydrogen) atoms. The Morgan fingerprint density at radius 1 is 1.55 bits per heavy atom. The normalized spacial score (nSPS) is 17.1. The molecule has 6 heteroatoms. The van der Waals surface area contributed by atoms with Crippen LogP contribution in [0.25, 0.3) is 0 Å². The highest BCUT2D eigenvalue weighted by molar-refractivity contribution is 8.14. The lowest BCUT2D eigenvalue weighted by molar-refractivity contribution is -0.122. The van der Waals surface area contributed by atoms with E-state index >= 15 is 0 Å². The first-order valence-corrected chi connectivity index (χ1v) is 7.07. The maximum Gasteiger partial charge on any atom is 0.279 e. The van der Waals surface area contributed by atoms with Crippen molar-refractivity contribution in [2.24, 2.45) is 0 Å². The number of thioether (sulfide) groups is 1. The van der Waals surface area contributed by atoms with Gasteiger partial charge < -0.3 is 15.7 Å². The monoisotopic (exact) mass is 290 g/mol. The Hall–Kier alpha value is -1.97. The molecule has 0 bridgehead atoms. The van der Waals surface area contributed by atoms with Crippen LogP contribution in [-0.4, -0.2) is 34.7 Å². The molecule has 5 nitrogen and oxygen atoms in total. The third kappa shape index (κ3) is 4.02. The molecule has 0 spiro atoms. The number of nitrogens with one attached hydrogen (secondary N) is 2. The molecular formula is C14H14N2O3S. The summed E-state index contributed by atoms with van der Waals surface area (Å²) in [6.07, 6.45) is 0. The first kappa shape index (κ1) is 14.4. The molecule has 2 rings (SSSR count). The van der Waals surface area contributed by atoms with E-state index in [0.29, 0.717) is 12.3 Å². The highest BCUT2D eigenvalue weighted by Gasteiger charge is 2.27. The second-order valence-corrected chi connectivity index (χ2v) is 5.17. The SMILES string of the molecule is O=C1NC(C(=O)NCc2cccc(C#CCO)c2)CS1. The van der Waals surface area contributed by atoms with Gasteiger partial charge in [-0.05, 0) is 17.7 Å². The lowest BCUT2D eigenvalue weighted by Gasteiger charge is -2.10. The molecule has 1 fully saturated rings. The lowest BCUT2D eigenvalue weighted by atomic mass is 10.1. The van der Waals surface area contributed by atoms with Crippen molar-refractivity contribution in [2.45, 2.75) is 12.6 Å². The van der Waals surface area contributed by atoms with Crippen molar-refractivity contribution in [3.05, 3.63) is 35.4 Å². The van der Waals surface area contributed by atoms with Gasteiger partial charge in [-0.1, -0.05) is 35.7 Å². The highest BCUT2D eigenvalue weighted by atomic mass is 32.2. The number of rotatable bonds is 3. The van der Waals surface area contributed by atoms with E-state index in [4.69, 9.17) is 5.11 Å². The number of hydrogen-bond donors (Lipinski definition) is 3. The summed E-state index contributed by atoms with van der Waals surface area (Å²) >= 11 is 1.11. The Kier molecular flexibility index (Phi) is 5.04. The highest BCUT2D eigenvalue weighted by Crippen LogP contribution is 2.13. The van der Waals surface area contributed by atoms with Gasteiger partial charge in [0.25, 0.3) is 5.24 Å². The second kappa shape index (κ2) is 6.98. The fraction of sp³-hybridized carbons (Fsp3) is 0.286. The zero-order chi connectivity index (χ0) is 14.4. The number of amides is 2. The van der Waals surface area contributed by atoms with Gasteiger partial charge in [-0.25, -0.2) is 0 Å². The Morgan fingerprint density at radius 2 is 2.40 bits per heavy atom. The van der Waals surface area contributed by atoms with Gasteiger partial charge in [-0.15, -0.1) is 0 Å². The fourth-order valence-electron chi connectivity index (χ4n) is 1.74. The van der Waals surface area contributed by atoms with Crippen molar-refractivity contribution >= 4 is 22.9 Å². The van der Waals surface area contributed by atoms with Crippen molar-refractivity contribution in [2.75, 3.05) is 12.4 Å². The molecule has 0 aliphatic carbocycles. The molecule has 3 N–H and O–H groups in total.